The van der Waals surface area contributed by atoms with Crippen molar-refractivity contribution in [3.05, 3.63) is 89.5 Å². The predicted molar refractivity (Wildman–Crippen MR) is 136 cm³/mol. The Morgan fingerprint density at radius 1 is 1.06 bits per heavy atom. The van der Waals surface area contributed by atoms with Gasteiger partial charge in [0.05, 0.1) is 42.1 Å². The highest BCUT2D eigenvalue weighted by molar-refractivity contribution is 7.98. The second-order valence-electron chi connectivity index (χ2n) is 7.83. The van der Waals surface area contributed by atoms with Crippen molar-refractivity contribution in [1.82, 2.24) is 9.55 Å². The summed E-state index contributed by atoms with van der Waals surface area (Å²) in [6.07, 6.45) is 2.05. The monoisotopic (exact) mass is 471 g/mol. The van der Waals surface area contributed by atoms with Crippen molar-refractivity contribution in [3.63, 3.8) is 0 Å². The van der Waals surface area contributed by atoms with Crippen LogP contribution in [0.3, 0.4) is 0 Å². The minimum Gasteiger partial charge on any atom is -0.497 e. The Morgan fingerprint density at radius 3 is 2.47 bits per heavy atom. The molecule has 1 N–H and O–H groups in total. The number of para-hydroxylation sites is 2. The van der Waals surface area contributed by atoms with E-state index in [0.717, 1.165) is 32.8 Å². The maximum Gasteiger partial charge on any atom is 0.338 e. The molecule has 2 heterocycles. The number of nitrogens with one attached hydrogen (secondary N) is 1. The molecule has 4 aromatic rings. The lowest BCUT2D eigenvalue weighted by atomic mass is 9.92. The Balaban J connectivity index is 1.79. The molecule has 0 unspecified atom stereocenters. The van der Waals surface area contributed by atoms with E-state index in [9.17, 15) is 4.79 Å². The van der Waals surface area contributed by atoms with E-state index in [2.05, 4.69) is 34.1 Å². The van der Waals surface area contributed by atoms with Gasteiger partial charge in [0.2, 0.25) is 5.95 Å². The maximum absolute atomic E-state index is 13.5. The van der Waals surface area contributed by atoms with Crippen LogP contribution in [0.1, 0.15) is 24.1 Å². The minimum absolute atomic E-state index is 0.286. The third-order valence-corrected chi connectivity index (χ3v) is 6.68. The summed E-state index contributed by atoms with van der Waals surface area (Å²) in [5.41, 5.74) is 4.86. The van der Waals surface area contributed by atoms with Gasteiger partial charge in [-0.15, -0.1) is 11.8 Å². The largest absolute Gasteiger partial charge is 0.497 e. The van der Waals surface area contributed by atoms with Crippen LogP contribution in [-0.2, 0) is 9.53 Å². The van der Waals surface area contributed by atoms with E-state index in [-0.39, 0.29) is 12.6 Å². The van der Waals surface area contributed by atoms with E-state index in [1.54, 1.807) is 18.9 Å². The maximum atomic E-state index is 13.5. The normalized spacial score (nSPS) is 15.1. The van der Waals surface area contributed by atoms with Gasteiger partial charge in [0.15, 0.2) is 0 Å². The van der Waals surface area contributed by atoms with Crippen LogP contribution < -0.4 is 10.1 Å². The first-order valence-electron chi connectivity index (χ1n) is 11.1. The molecule has 172 valence electrons. The molecular formula is C27H25N3O3S. The summed E-state index contributed by atoms with van der Waals surface area (Å²) in [5.74, 6) is 1.07. The van der Waals surface area contributed by atoms with E-state index in [1.807, 2.05) is 61.7 Å². The number of benzene rings is 3. The third-order valence-electron chi connectivity index (χ3n) is 5.94. The number of fused-ring (bicyclic) bond motifs is 3. The van der Waals surface area contributed by atoms with Crippen molar-refractivity contribution in [3.8, 4) is 5.75 Å². The summed E-state index contributed by atoms with van der Waals surface area (Å²) in [6, 6.07) is 23.5. The van der Waals surface area contributed by atoms with E-state index >= 15 is 0 Å². The highest BCUT2D eigenvalue weighted by atomic mass is 32.2. The molecule has 34 heavy (non-hydrogen) atoms. The molecule has 0 radical (unpaired) electrons. The summed E-state index contributed by atoms with van der Waals surface area (Å²) in [6.45, 7) is 2.11. The van der Waals surface area contributed by atoms with Crippen molar-refractivity contribution < 1.29 is 14.3 Å². The number of carbonyl (C=O) groups is 1. The van der Waals surface area contributed by atoms with Crippen LogP contribution in [0.15, 0.2) is 83.3 Å². The molecule has 0 saturated heterocycles. The molecule has 1 aliphatic heterocycles. The lowest BCUT2D eigenvalue weighted by molar-refractivity contribution is -0.138. The van der Waals surface area contributed by atoms with Gasteiger partial charge >= 0.3 is 5.97 Å². The Hall–Kier alpha value is -3.71. The van der Waals surface area contributed by atoms with E-state index in [4.69, 9.17) is 14.5 Å². The van der Waals surface area contributed by atoms with Crippen LogP contribution in [0.2, 0.25) is 0 Å². The number of rotatable bonds is 6. The smallest absolute Gasteiger partial charge is 0.338 e. The molecule has 0 saturated carbocycles. The zero-order chi connectivity index (χ0) is 23.7. The Labute approximate surface area is 202 Å². The SMILES string of the molecule is CCOC(=O)C1=C(c2ccc(OC)cc2)Nc2nc3ccccc3n2[C@@H]1c1ccc(SC)cc1. The number of imidazole rings is 1. The molecule has 0 aliphatic carbocycles. The molecule has 3 aromatic carbocycles. The Bertz CT molecular complexity index is 1370. The number of nitrogens with zero attached hydrogens (tertiary/aromatic N) is 2. The Morgan fingerprint density at radius 2 is 1.79 bits per heavy atom. The molecule has 0 bridgehead atoms. The van der Waals surface area contributed by atoms with Gasteiger partial charge in [0.25, 0.3) is 0 Å². The molecule has 1 atom stereocenters. The molecule has 0 fully saturated rings. The number of anilines is 1. The van der Waals surface area contributed by atoms with Gasteiger partial charge < -0.3 is 14.8 Å². The zero-order valence-electron chi connectivity index (χ0n) is 19.2. The van der Waals surface area contributed by atoms with Gasteiger partial charge in [0, 0.05) is 4.90 Å². The minimum atomic E-state index is -0.407. The fraction of sp³-hybridized carbons (Fsp3) is 0.185. The van der Waals surface area contributed by atoms with Crippen molar-refractivity contribution in [2.24, 2.45) is 0 Å². The summed E-state index contributed by atoms with van der Waals surface area (Å²) in [7, 11) is 1.63. The molecule has 5 rings (SSSR count). The average molecular weight is 472 g/mol. The first-order valence-corrected chi connectivity index (χ1v) is 12.3. The summed E-state index contributed by atoms with van der Waals surface area (Å²) < 4.78 is 13.0. The molecule has 6 nitrogen and oxygen atoms in total. The summed E-state index contributed by atoms with van der Waals surface area (Å²) in [5, 5.41) is 3.44. The number of hydrogen-bond donors (Lipinski definition) is 1. The lowest BCUT2D eigenvalue weighted by Crippen LogP contribution is -2.29. The van der Waals surface area contributed by atoms with Crippen molar-refractivity contribution >= 4 is 40.4 Å². The molecule has 0 amide bonds. The highest BCUT2D eigenvalue weighted by Crippen LogP contribution is 2.42. The van der Waals surface area contributed by atoms with Crippen LogP contribution in [0.5, 0.6) is 5.75 Å². The number of esters is 1. The standard InChI is InChI=1S/C27H25N3O3S/c1-4-33-26(31)23-24(17-9-13-19(32-2)14-10-17)29-27-28-21-7-5-6-8-22(21)30(27)25(23)18-11-15-20(34-3)16-12-18/h5-16,25H,4H2,1-3H3,(H,28,29)/t25-/m1/s1. The van der Waals surface area contributed by atoms with Gasteiger partial charge in [-0.25, -0.2) is 9.78 Å². The number of thioether (sulfide) groups is 1. The quantitative estimate of drug-likeness (QED) is 0.285. The van der Waals surface area contributed by atoms with Crippen molar-refractivity contribution in [2.75, 3.05) is 25.3 Å². The van der Waals surface area contributed by atoms with Crippen LogP contribution in [-0.4, -0.2) is 35.5 Å². The summed E-state index contributed by atoms with van der Waals surface area (Å²) in [4.78, 5) is 19.5. The number of methoxy groups -OCH3 is 1. The molecule has 0 spiro atoms. The van der Waals surface area contributed by atoms with Crippen LogP contribution in [0.4, 0.5) is 5.95 Å². The topological polar surface area (TPSA) is 65.4 Å². The van der Waals surface area contributed by atoms with Gasteiger partial charge in [0.1, 0.15) is 5.75 Å². The first kappa shape index (κ1) is 22.1. The number of aromatic nitrogens is 2. The van der Waals surface area contributed by atoms with Gasteiger partial charge in [-0.3, -0.25) is 4.57 Å². The molecule has 7 heteroatoms. The molecule has 1 aromatic heterocycles. The van der Waals surface area contributed by atoms with Crippen LogP contribution in [0.25, 0.3) is 16.7 Å². The third kappa shape index (κ3) is 3.82. The average Bonchev–Trinajstić information content (AvgIpc) is 3.26. The van der Waals surface area contributed by atoms with E-state index in [1.165, 1.54) is 0 Å². The fourth-order valence-corrected chi connectivity index (χ4v) is 4.76. The molecule has 1 aliphatic rings. The van der Waals surface area contributed by atoms with Crippen molar-refractivity contribution in [1.29, 1.82) is 0 Å². The first-order chi connectivity index (χ1) is 16.6. The predicted octanol–water partition coefficient (Wildman–Crippen LogP) is 5.76. The molecular weight excluding hydrogens is 446 g/mol. The van der Waals surface area contributed by atoms with Gasteiger partial charge in [-0.1, -0.05) is 24.3 Å². The second-order valence-corrected chi connectivity index (χ2v) is 8.71. The zero-order valence-corrected chi connectivity index (χ0v) is 20.1. The number of hydrogen-bond acceptors (Lipinski definition) is 6. The van der Waals surface area contributed by atoms with Crippen molar-refractivity contribution in [2.45, 2.75) is 17.9 Å². The van der Waals surface area contributed by atoms with Gasteiger partial charge in [-0.2, -0.15) is 0 Å². The van der Waals surface area contributed by atoms with Gasteiger partial charge in [-0.05, 0) is 72.8 Å². The summed E-state index contributed by atoms with van der Waals surface area (Å²) >= 11 is 1.68. The number of carbonyl (C=O) groups excluding carboxylic acids is 1. The fourth-order valence-electron chi connectivity index (χ4n) is 4.35. The van der Waals surface area contributed by atoms with Crippen LogP contribution >= 0.6 is 11.8 Å². The number of ether oxygens (including phenoxy) is 2. The second kappa shape index (κ2) is 9.27. The van der Waals surface area contributed by atoms with Crippen LogP contribution in [0, 0.1) is 0 Å². The highest BCUT2D eigenvalue weighted by Gasteiger charge is 2.36. The van der Waals surface area contributed by atoms with E-state index < -0.39 is 6.04 Å². The van der Waals surface area contributed by atoms with E-state index in [0.29, 0.717) is 17.2 Å². The lowest BCUT2D eigenvalue weighted by Gasteiger charge is -2.31. The Kier molecular flexibility index (Phi) is 6.02.